The van der Waals surface area contributed by atoms with Gasteiger partial charge >= 0.3 is 0 Å². The molecule has 78 valence electrons. The van der Waals surface area contributed by atoms with Crippen molar-refractivity contribution < 1.29 is 14.7 Å². The molecule has 1 amide bonds. The average molecular weight is 204 g/mol. The Kier molecular flexibility index (Phi) is 2.41. The van der Waals surface area contributed by atoms with Crippen molar-refractivity contribution in [2.75, 3.05) is 11.4 Å². The number of anilines is 1. The van der Waals surface area contributed by atoms with Gasteiger partial charge in [-0.1, -0.05) is 18.2 Å². The summed E-state index contributed by atoms with van der Waals surface area (Å²) in [6.45, 7) is 0.213. The monoisotopic (exact) mass is 204 g/mol. The molecule has 0 radical (unpaired) electrons. The van der Waals surface area contributed by atoms with Crippen LogP contribution in [0, 0.1) is 5.92 Å². The van der Waals surface area contributed by atoms with Crippen molar-refractivity contribution >= 4 is 17.6 Å². The van der Waals surface area contributed by atoms with E-state index in [4.69, 9.17) is 0 Å². The summed E-state index contributed by atoms with van der Waals surface area (Å²) in [5.74, 6) is -1.99. The van der Waals surface area contributed by atoms with Gasteiger partial charge in [0.2, 0.25) is 5.91 Å². The number of rotatable bonds is 2. The Morgan fingerprint density at radius 2 is 2.00 bits per heavy atom. The van der Waals surface area contributed by atoms with Gasteiger partial charge in [-0.25, -0.2) is 0 Å². The van der Waals surface area contributed by atoms with E-state index in [2.05, 4.69) is 0 Å². The topological polar surface area (TPSA) is 60.4 Å². The van der Waals surface area contributed by atoms with Gasteiger partial charge in [-0.15, -0.1) is 0 Å². The number of amides is 1. The Morgan fingerprint density at radius 1 is 1.33 bits per heavy atom. The highest BCUT2D eigenvalue weighted by atomic mass is 16.4. The molecule has 1 atom stereocenters. The second kappa shape index (κ2) is 3.73. The molecule has 0 N–H and O–H groups in total. The van der Waals surface area contributed by atoms with Crippen LogP contribution >= 0.6 is 0 Å². The molecule has 0 saturated carbocycles. The summed E-state index contributed by atoms with van der Waals surface area (Å²) in [5.41, 5.74) is 0.742. The fourth-order valence-electron chi connectivity index (χ4n) is 1.72. The SMILES string of the molecule is O=C([O-])C1CC(=O)N(c2ccccc2)C1. The van der Waals surface area contributed by atoms with Crippen molar-refractivity contribution in [3.05, 3.63) is 30.3 Å². The minimum absolute atomic E-state index is 0.0389. The highest BCUT2D eigenvalue weighted by molar-refractivity contribution is 5.98. The maximum Gasteiger partial charge on any atom is 0.227 e. The van der Waals surface area contributed by atoms with Crippen molar-refractivity contribution in [3.63, 3.8) is 0 Å². The van der Waals surface area contributed by atoms with Crippen LogP contribution in [0.1, 0.15) is 6.42 Å². The second-order valence-electron chi connectivity index (χ2n) is 3.56. The molecule has 1 aromatic carbocycles. The van der Waals surface area contributed by atoms with Gasteiger partial charge in [0.05, 0.1) is 0 Å². The Bertz CT molecular complexity index is 388. The molecular formula is C11H10NO3-. The highest BCUT2D eigenvalue weighted by Crippen LogP contribution is 2.24. The largest absolute Gasteiger partial charge is 0.550 e. The predicted octanol–water partition coefficient (Wildman–Crippen LogP) is -0.211. The number of hydrogen-bond acceptors (Lipinski definition) is 3. The first-order chi connectivity index (χ1) is 7.18. The van der Waals surface area contributed by atoms with Crippen molar-refractivity contribution in [3.8, 4) is 0 Å². The minimum atomic E-state index is -1.15. The van der Waals surface area contributed by atoms with Crippen LogP contribution in [0.2, 0.25) is 0 Å². The number of para-hydroxylation sites is 1. The molecule has 1 aliphatic rings. The van der Waals surface area contributed by atoms with Crippen LogP contribution in [0.3, 0.4) is 0 Å². The number of aliphatic carboxylic acids is 1. The number of nitrogens with zero attached hydrogens (tertiary/aromatic N) is 1. The molecule has 4 heteroatoms. The summed E-state index contributed by atoms with van der Waals surface area (Å²) < 4.78 is 0. The number of hydrogen-bond donors (Lipinski definition) is 0. The molecule has 0 bridgehead atoms. The maximum absolute atomic E-state index is 11.5. The first-order valence-corrected chi connectivity index (χ1v) is 4.75. The van der Waals surface area contributed by atoms with E-state index in [1.54, 1.807) is 12.1 Å². The molecule has 1 unspecified atom stereocenters. The summed E-state index contributed by atoms with van der Waals surface area (Å²) in [5, 5.41) is 10.6. The van der Waals surface area contributed by atoms with Gasteiger partial charge in [0.25, 0.3) is 0 Å². The molecule has 0 aromatic heterocycles. The van der Waals surface area contributed by atoms with Gasteiger partial charge in [-0.2, -0.15) is 0 Å². The van der Waals surface area contributed by atoms with E-state index in [0.717, 1.165) is 5.69 Å². The first kappa shape index (κ1) is 9.71. The molecule has 1 aromatic rings. The van der Waals surface area contributed by atoms with Crippen LogP contribution in [-0.4, -0.2) is 18.4 Å². The lowest BCUT2D eigenvalue weighted by Gasteiger charge is -2.16. The second-order valence-corrected chi connectivity index (χ2v) is 3.56. The van der Waals surface area contributed by atoms with E-state index in [9.17, 15) is 14.7 Å². The van der Waals surface area contributed by atoms with E-state index < -0.39 is 11.9 Å². The summed E-state index contributed by atoms with van der Waals surface area (Å²) in [4.78, 5) is 23.6. The average Bonchev–Trinajstić information content (AvgIpc) is 2.62. The zero-order chi connectivity index (χ0) is 10.8. The van der Waals surface area contributed by atoms with Crippen LogP contribution in [0.25, 0.3) is 0 Å². The van der Waals surface area contributed by atoms with Crippen LogP contribution in [0.15, 0.2) is 30.3 Å². The molecular weight excluding hydrogens is 194 g/mol. The van der Waals surface area contributed by atoms with Crippen molar-refractivity contribution in [2.24, 2.45) is 5.92 Å². The van der Waals surface area contributed by atoms with Crippen LogP contribution in [-0.2, 0) is 9.59 Å². The van der Waals surface area contributed by atoms with E-state index in [0.29, 0.717) is 0 Å². The van der Waals surface area contributed by atoms with Gasteiger partial charge in [0, 0.05) is 30.5 Å². The lowest BCUT2D eigenvalue weighted by atomic mass is 10.1. The fraction of sp³-hybridized carbons (Fsp3) is 0.273. The Morgan fingerprint density at radius 3 is 2.53 bits per heavy atom. The van der Waals surface area contributed by atoms with Crippen LogP contribution in [0.4, 0.5) is 5.69 Å². The summed E-state index contributed by atoms with van der Waals surface area (Å²) >= 11 is 0. The maximum atomic E-state index is 11.5. The number of carboxylic acids is 1. The Hall–Kier alpha value is -1.84. The number of carbonyl (C=O) groups excluding carboxylic acids is 2. The summed E-state index contributed by atoms with van der Waals surface area (Å²) in [7, 11) is 0. The lowest BCUT2D eigenvalue weighted by Crippen LogP contribution is -2.33. The molecule has 2 rings (SSSR count). The molecule has 15 heavy (non-hydrogen) atoms. The van der Waals surface area contributed by atoms with Crippen molar-refractivity contribution in [1.29, 1.82) is 0 Å². The Balaban J connectivity index is 2.19. The zero-order valence-corrected chi connectivity index (χ0v) is 8.05. The molecule has 4 nitrogen and oxygen atoms in total. The van der Waals surface area contributed by atoms with Gasteiger partial charge in [0.1, 0.15) is 0 Å². The highest BCUT2D eigenvalue weighted by Gasteiger charge is 2.30. The van der Waals surface area contributed by atoms with E-state index in [-0.39, 0.29) is 18.9 Å². The van der Waals surface area contributed by atoms with Gasteiger partial charge < -0.3 is 14.8 Å². The van der Waals surface area contributed by atoms with Crippen molar-refractivity contribution in [1.82, 2.24) is 0 Å². The third kappa shape index (κ3) is 1.83. The van der Waals surface area contributed by atoms with E-state index in [1.807, 2.05) is 18.2 Å². The molecule has 1 saturated heterocycles. The fourth-order valence-corrected chi connectivity index (χ4v) is 1.72. The van der Waals surface area contributed by atoms with Crippen LogP contribution in [0.5, 0.6) is 0 Å². The molecule has 1 aliphatic heterocycles. The summed E-state index contributed by atoms with van der Waals surface area (Å²) in [6, 6.07) is 9.05. The van der Waals surface area contributed by atoms with E-state index in [1.165, 1.54) is 4.90 Å². The predicted molar refractivity (Wildman–Crippen MR) is 51.9 cm³/mol. The van der Waals surface area contributed by atoms with Gasteiger partial charge in [-0.3, -0.25) is 4.79 Å². The van der Waals surface area contributed by atoms with E-state index >= 15 is 0 Å². The van der Waals surface area contributed by atoms with Gasteiger partial charge in [-0.05, 0) is 12.1 Å². The van der Waals surface area contributed by atoms with Gasteiger partial charge in [0.15, 0.2) is 0 Å². The molecule has 1 heterocycles. The minimum Gasteiger partial charge on any atom is -0.550 e. The van der Waals surface area contributed by atoms with Crippen LogP contribution < -0.4 is 10.0 Å². The smallest absolute Gasteiger partial charge is 0.227 e. The van der Waals surface area contributed by atoms with Crippen molar-refractivity contribution in [2.45, 2.75) is 6.42 Å². The number of benzene rings is 1. The summed E-state index contributed by atoms with van der Waals surface area (Å²) in [6.07, 6.45) is 0.0389. The number of carbonyl (C=O) groups is 2. The quantitative estimate of drug-likeness (QED) is 0.669. The Labute approximate surface area is 87.1 Å². The zero-order valence-electron chi connectivity index (χ0n) is 8.05. The number of carboxylic acid groups (broad SMARTS) is 1. The lowest BCUT2D eigenvalue weighted by molar-refractivity contribution is -0.310. The molecule has 1 fully saturated rings. The third-order valence-corrected chi connectivity index (χ3v) is 2.53. The standard InChI is InChI=1S/C11H11NO3/c13-10-6-8(11(14)15)7-12(10)9-4-2-1-3-5-9/h1-5,8H,6-7H2,(H,14,15)/p-1. The first-order valence-electron chi connectivity index (χ1n) is 4.75. The molecule has 0 spiro atoms. The third-order valence-electron chi connectivity index (χ3n) is 2.53. The molecule has 0 aliphatic carbocycles. The normalized spacial score (nSPS) is 20.7.